The lowest BCUT2D eigenvalue weighted by Gasteiger charge is -2.21. The van der Waals surface area contributed by atoms with Crippen LogP contribution in [-0.2, 0) is 25.9 Å². The van der Waals surface area contributed by atoms with Crippen molar-refractivity contribution in [1.82, 2.24) is 14.5 Å². The Morgan fingerprint density at radius 2 is 2.11 bits per heavy atom. The fourth-order valence-corrected chi connectivity index (χ4v) is 5.78. The van der Waals surface area contributed by atoms with Gasteiger partial charge in [0.15, 0.2) is 5.16 Å². The molecule has 0 N–H and O–H groups in total. The molecule has 0 amide bonds. The normalized spacial score (nSPS) is 14.4. The molecule has 146 valence electrons. The minimum atomic E-state index is 0.118. The van der Waals surface area contributed by atoms with Crippen LogP contribution < -0.4 is 5.56 Å². The van der Waals surface area contributed by atoms with Gasteiger partial charge in [0.05, 0.1) is 5.39 Å². The smallest absolute Gasteiger partial charge is 0.263 e. The van der Waals surface area contributed by atoms with E-state index in [9.17, 15) is 4.79 Å². The van der Waals surface area contributed by atoms with E-state index in [1.54, 1.807) is 23.1 Å². The lowest BCUT2D eigenvalue weighted by Crippen LogP contribution is -2.28. The number of hydrogen-bond donors (Lipinski definition) is 0. The summed E-state index contributed by atoms with van der Waals surface area (Å²) in [5.74, 6) is 0.775. The third kappa shape index (κ3) is 3.95. The van der Waals surface area contributed by atoms with Gasteiger partial charge in [0.2, 0.25) is 0 Å². The first-order valence-corrected chi connectivity index (χ1v) is 11.4. The van der Waals surface area contributed by atoms with Gasteiger partial charge < -0.3 is 4.90 Å². The Morgan fingerprint density at radius 1 is 1.32 bits per heavy atom. The molecule has 1 aromatic carbocycles. The highest BCUT2D eigenvalue weighted by molar-refractivity contribution is 7.99. The van der Waals surface area contributed by atoms with Gasteiger partial charge in [-0.2, -0.15) is 0 Å². The maximum absolute atomic E-state index is 13.5. The van der Waals surface area contributed by atoms with Crippen molar-refractivity contribution in [2.75, 3.05) is 19.3 Å². The van der Waals surface area contributed by atoms with Gasteiger partial charge >= 0.3 is 0 Å². The third-order valence-corrected chi connectivity index (χ3v) is 7.35. The molecule has 3 aromatic rings. The second-order valence-corrected chi connectivity index (χ2v) is 9.53. The maximum Gasteiger partial charge on any atom is 0.263 e. The van der Waals surface area contributed by atoms with Crippen LogP contribution in [-0.4, -0.2) is 33.8 Å². The number of benzene rings is 1. The second kappa shape index (κ2) is 8.23. The second-order valence-electron chi connectivity index (χ2n) is 7.50. The van der Waals surface area contributed by atoms with Crippen molar-refractivity contribution < 1.29 is 0 Å². The number of nitrogens with zero attached hydrogens (tertiary/aromatic N) is 3. The first kappa shape index (κ1) is 19.4. The number of thioether (sulfide) groups is 1. The van der Waals surface area contributed by atoms with Gasteiger partial charge in [-0.05, 0) is 37.9 Å². The average molecular weight is 412 g/mol. The molecule has 0 saturated carbocycles. The molecule has 6 heteroatoms. The molecule has 0 spiro atoms. The minimum Gasteiger partial charge on any atom is -0.301 e. The quantitative estimate of drug-likeness (QED) is 0.343. The summed E-state index contributed by atoms with van der Waals surface area (Å²) in [5, 5.41) is 1.66. The molecule has 0 unspecified atom stereocenters. The Balaban J connectivity index is 1.77. The van der Waals surface area contributed by atoms with E-state index in [2.05, 4.69) is 30.7 Å². The van der Waals surface area contributed by atoms with Crippen LogP contribution in [0.3, 0.4) is 0 Å². The van der Waals surface area contributed by atoms with Gasteiger partial charge in [0.25, 0.3) is 5.56 Å². The first-order valence-electron chi connectivity index (χ1n) is 9.57. The van der Waals surface area contributed by atoms with Crippen LogP contribution in [0.5, 0.6) is 0 Å². The van der Waals surface area contributed by atoms with Crippen molar-refractivity contribution in [2.24, 2.45) is 0 Å². The highest BCUT2D eigenvalue weighted by Gasteiger charge is 2.23. The van der Waals surface area contributed by atoms with Gasteiger partial charge in [0, 0.05) is 30.3 Å². The molecule has 0 aliphatic carbocycles. The molecule has 28 heavy (non-hydrogen) atoms. The number of rotatable bonds is 6. The summed E-state index contributed by atoms with van der Waals surface area (Å²) in [7, 11) is 2.13. The van der Waals surface area contributed by atoms with Crippen LogP contribution in [0.2, 0.25) is 0 Å². The van der Waals surface area contributed by atoms with E-state index in [4.69, 9.17) is 4.98 Å². The van der Waals surface area contributed by atoms with Gasteiger partial charge in [-0.1, -0.05) is 54.2 Å². The number of likely N-dealkylation sites (N-methyl/N-ethyl adjacent to an activating group) is 1. The number of hydrogen-bond acceptors (Lipinski definition) is 5. The molecule has 4 rings (SSSR count). The molecule has 1 aliphatic rings. The van der Waals surface area contributed by atoms with E-state index >= 15 is 0 Å². The van der Waals surface area contributed by atoms with Crippen molar-refractivity contribution >= 4 is 33.3 Å². The van der Waals surface area contributed by atoms with Crippen molar-refractivity contribution in [1.29, 1.82) is 0 Å². The molecular formula is C22H25N3OS2. The molecule has 2 aromatic heterocycles. The predicted octanol–water partition coefficient (Wildman–Crippen LogP) is 4.36. The summed E-state index contributed by atoms with van der Waals surface area (Å²) in [6.07, 6.45) is 1.75. The molecule has 0 fully saturated rings. The van der Waals surface area contributed by atoms with Gasteiger partial charge in [-0.25, -0.2) is 4.98 Å². The zero-order valence-corrected chi connectivity index (χ0v) is 18.0. The van der Waals surface area contributed by atoms with Crippen molar-refractivity contribution in [2.45, 2.75) is 38.0 Å². The zero-order valence-electron chi connectivity index (χ0n) is 16.4. The molecule has 1 aliphatic heterocycles. The van der Waals surface area contributed by atoms with Crippen LogP contribution in [0.25, 0.3) is 10.2 Å². The SMILES string of the molecule is C=C(C)CSc1nc2sc3c(c2c(=O)n1CCc1ccccc1)CCN(C)C3. The third-order valence-electron chi connectivity index (χ3n) is 5.03. The molecule has 0 bridgehead atoms. The summed E-state index contributed by atoms with van der Waals surface area (Å²) in [4.78, 5) is 22.9. The average Bonchev–Trinajstić information content (AvgIpc) is 3.04. The molecular weight excluding hydrogens is 386 g/mol. The first-order chi connectivity index (χ1) is 13.5. The van der Waals surface area contributed by atoms with E-state index in [-0.39, 0.29) is 5.56 Å². The predicted molar refractivity (Wildman–Crippen MR) is 120 cm³/mol. The van der Waals surface area contributed by atoms with E-state index in [1.807, 2.05) is 29.7 Å². The number of aromatic nitrogens is 2. The summed E-state index contributed by atoms with van der Waals surface area (Å²) >= 11 is 3.30. The van der Waals surface area contributed by atoms with E-state index < -0.39 is 0 Å². The van der Waals surface area contributed by atoms with Gasteiger partial charge in [-0.15, -0.1) is 11.3 Å². The van der Waals surface area contributed by atoms with Crippen molar-refractivity contribution in [3.8, 4) is 0 Å². The van der Waals surface area contributed by atoms with E-state index in [0.717, 1.165) is 52.6 Å². The van der Waals surface area contributed by atoms with Crippen LogP contribution >= 0.6 is 23.1 Å². The Hall–Kier alpha value is -1.89. The van der Waals surface area contributed by atoms with E-state index in [1.165, 1.54) is 16.0 Å². The topological polar surface area (TPSA) is 38.1 Å². The minimum absolute atomic E-state index is 0.118. The lowest BCUT2D eigenvalue weighted by atomic mass is 10.1. The van der Waals surface area contributed by atoms with Crippen molar-refractivity contribution in [3.63, 3.8) is 0 Å². The summed E-state index contributed by atoms with van der Waals surface area (Å²) in [6.45, 7) is 8.57. The Labute approximate surface area is 173 Å². The highest BCUT2D eigenvalue weighted by atomic mass is 32.2. The molecule has 0 atom stereocenters. The molecule has 0 radical (unpaired) electrons. The summed E-state index contributed by atoms with van der Waals surface area (Å²) in [5.41, 5.74) is 3.66. The van der Waals surface area contributed by atoms with Crippen LogP contribution in [0, 0.1) is 0 Å². The zero-order chi connectivity index (χ0) is 19.7. The van der Waals surface area contributed by atoms with Crippen LogP contribution in [0.4, 0.5) is 0 Å². The summed E-state index contributed by atoms with van der Waals surface area (Å²) < 4.78 is 1.88. The standard InChI is InChI=1S/C22H25N3OS2/c1-15(2)14-27-22-23-20-19(17-10-11-24(3)13-18(17)28-20)21(26)25(22)12-9-16-7-5-4-6-8-16/h4-8H,1,9-14H2,2-3H3. The molecule has 0 saturated heterocycles. The van der Waals surface area contributed by atoms with Crippen LogP contribution in [0.15, 0.2) is 52.4 Å². The number of aryl methyl sites for hydroxylation is 1. The highest BCUT2D eigenvalue weighted by Crippen LogP contribution is 2.33. The fraction of sp³-hybridized carbons (Fsp3) is 0.364. The van der Waals surface area contributed by atoms with Gasteiger partial charge in [0.1, 0.15) is 4.83 Å². The largest absolute Gasteiger partial charge is 0.301 e. The monoisotopic (exact) mass is 411 g/mol. The maximum atomic E-state index is 13.5. The molecule has 4 nitrogen and oxygen atoms in total. The van der Waals surface area contributed by atoms with Crippen molar-refractivity contribution in [3.05, 3.63) is 68.8 Å². The lowest BCUT2D eigenvalue weighted by molar-refractivity contribution is 0.318. The van der Waals surface area contributed by atoms with Crippen LogP contribution in [0.1, 0.15) is 22.9 Å². The Morgan fingerprint density at radius 3 is 2.86 bits per heavy atom. The number of thiophene rings is 1. The molecule has 3 heterocycles. The summed E-state index contributed by atoms with van der Waals surface area (Å²) in [6, 6.07) is 10.3. The van der Waals surface area contributed by atoms with Gasteiger partial charge in [-0.3, -0.25) is 9.36 Å². The Kier molecular flexibility index (Phi) is 5.71. The number of fused-ring (bicyclic) bond motifs is 3. The Bertz CT molecular complexity index is 1070. The van der Waals surface area contributed by atoms with E-state index in [0.29, 0.717) is 6.54 Å². The fourth-order valence-electron chi connectivity index (χ4n) is 3.57.